The van der Waals surface area contributed by atoms with E-state index < -0.39 is 0 Å². The predicted octanol–water partition coefficient (Wildman–Crippen LogP) is 3.27. The van der Waals surface area contributed by atoms with E-state index in [1.54, 1.807) is 0 Å². The van der Waals surface area contributed by atoms with E-state index in [1.807, 2.05) is 0 Å². The molecule has 1 heterocycles. The monoisotopic (exact) mass is 258 g/mol. The zero-order valence-corrected chi connectivity index (χ0v) is 12.5. The smallest absolute Gasteiger partial charge is 0.0370 e. The van der Waals surface area contributed by atoms with Crippen LogP contribution in [0.2, 0.25) is 0 Å². The first-order chi connectivity index (χ1) is 9.04. The molecule has 19 heavy (non-hydrogen) atoms. The van der Waals surface area contributed by atoms with Gasteiger partial charge in [0.25, 0.3) is 0 Å². The Morgan fingerprint density at radius 2 is 1.68 bits per heavy atom. The largest absolute Gasteiger partial charge is 0.369 e. The summed E-state index contributed by atoms with van der Waals surface area (Å²) in [6.45, 7) is 11.7. The van der Waals surface area contributed by atoms with Crippen LogP contribution < -0.4 is 4.90 Å². The first-order valence-electron chi connectivity index (χ1n) is 7.63. The minimum Gasteiger partial charge on any atom is -0.369 e. The fourth-order valence-corrected chi connectivity index (χ4v) is 2.95. The molecule has 1 aromatic carbocycles. The summed E-state index contributed by atoms with van der Waals surface area (Å²) in [7, 11) is 0. The molecule has 0 atom stereocenters. The number of hydrogen-bond acceptors (Lipinski definition) is 2. The Balaban J connectivity index is 1.69. The second-order valence-corrected chi connectivity index (χ2v) is 7.05. The maximum absolute atomic E-state index is 2.67. The molecule has 2 aliphatic rings. The van der Waals surface area contributed by atoms with Gasteiger partial charge in [-0.1, -0.05) is 32.9 Å². The van der Waals surface area contributed by atoms with Crippen molar-refractivity contribution in [3.05, 3.63) is 29.8 Å². The first-order valence-corrected chi connectivity index (χ1v) is 7.63. The number of benzene rings is 1. The standard InChI is InChI=1S/C17H26N2/c1-17(2,3)14-5-4-6-16(13-14)19-11-9-18(10-12-19)15-7-8-15/h4-6,13,15H,7-12H2,1-3H3. The molecular formula is C17H26N2. The molecule has 1 aromatic rings. The molecule has 1 saturated carbocycles. The maximum atomic E-state index is 2.67. The van der Waals surface area contributed by atoms with Crippen molar-refractivity contribution in [1.29, 1.82) is 0 Å². The average Bonchev–Trinajstić information content (AvgIpc) is 3.22. The van der Waals surface area contributed by atoms with Gasteiger partial charge in [0.05, 0.1) is 0 Å². The topological polar surface area (TPSA) is 6.48 Å². The third-order valence-corrected chi connectivity index (χ3v) is 4.45. The molecule has 0 radical (unpaired) electrons. The molecule has 0 N–H and O–H groups in total. The number of rotatable bonds is 2. The first kappa shape index (κ1) is 13.0. The van der Waals surface area contributed by atoms with Crippen LogP contribution in [0.4, 0.5) is 5.69 Å². The van der Waals surface area contributed by atoms with Crippen LogP contribution in [-0.2, 0) is 5.41 Å². The minimum atomic E-state index is 0.242. The quantitative estimate of drug-likeness (QED) is 0.803. The van der Waals surface area contributed by atoms with Crippen LogP contribution in [0.3, 0.4) is 0 Å². The van der Waals surface area contributed by atoms with Gasteiger partial charge in [0, 0.05) is 37.9 Å². The SMILES string of the molecule is CC(C)(C)c1cccc(N2CCN(C3CC3)CC2)c1. The summed E-state index contributed by atoms with van der Waals surface area (Å²) in [6, 6.07) is 10.0. The van der Waals surface area contributed by atoms with Crippen LogP contribution in [0.1, 0.15) is 39.2 Å². The Hall–Kier alpha value is -1.02. The second kappa shape index (κ2) is 4.82. The summed E-state index contributed by atoms with van der Waals surface area (Å²) in [5, 5.41) is 0. The lowest BCUT2D eigenvalue weighted by Crippen LogP contribution is -2.47. The van der Waals surface area contributed by atoms with Crippen molar-refractivity contribution >= 4 is 5.69 Å². The summed E-state index contributed by atoms with van der Waals surface area (Å²) in [5.74, 6) is 0. The summed E-state index contributed by atoms with van der Waals surface area (Å²) in [6.07, 6.45) is 2.86. The number of hydrogen-bond donors (Lipinski definition) is 0. The van der Waals surface area contributed by atoms with Gasteiger partial charge in [-0.05, 0) is 36.0 Å². The van der Waals surface area contributed by atoms with Gasteiger partial charge in [-0.3, -0.25) is 4.90 Å². The molecule has 2 heteroatoms. The fourth-order valence-electron chi connectivity index (χ4n) is 2.95. The minimum absolute atomic E-state index is 0.242. The Kier molecular flexibility index (Phi) is 3.30. The molecule has 2 fully saturated rings. The van der Waals surface area contributed by atoms with Gasteiger partial charge < -0.3 is 4.90 Å². The molecule has 0 aromatic heterocycles. The zero-order valence-electron chi connectivity index (χ0n) is 12.5. The molecule has 0 unspecified atom stereocenters. The van der Waals surface area contributed by atoms with E-state index in [4.69, 9.17) is 0 Å². The molecule has 1 saturated heterocycles. The fraction of sp³-hybridized carbons (Fsp3) is 0.647. The molecular weight excluding hydrogens is 232 g/mol. The normalized spacial score (nSPS) is 21.7. The van der Waals surface area contributed by atoms with Crippen LogP contribution in [0, 0.1) is 0 Å². The highest BCUT2D eigenvalue weighted by Crippen LogP contribution is 2.30. The number of piperazine rings is 1. The van der Waals surface area contributed by atoms with E-state index in [0.29, 0.717) is 0 Å². The van der Waals surface area contributed by atoms with E-state index in [1.165, 1.54) is 50.3 Å². The van der Waals surface area contributed by atoms with Crippen molar-refractivity contribution in [3.63, 3.8) is 0 Å². The maximum Gasteiger partial charge on any atom is 0.0370 e. The average molecular weight is 258 g/mol. The highest BCUT2D eigenvalue weighted by Gasteiger charge is 2.31. The van der Waals surface area contributed by atoms with Gasteiger partial charge in [0.2, 0.25) is 0 Å². The number of anilines is 1. The lowest BCUT2D eigenvalue weighted by molar-refractivity contribution is 0.248. The molecule has 2 nitrogen and oxygen atoms in total. The van der Waals surface area contributed by atoms with E-state index >= 15 is 0 Å². The summed E-state index contributed by atoms with van der Waals surface area (Å²) >= 11 is 0. The zero-order chi connectivity index (χ0) is 13.5. The van der Waals surface area contributed by atoms with Crippen LogP contribution in [0.25, 0.3) is 0 Å². The second-order valence-electron chi connectivity index (χ2n) is 7.05. The van der Waals surface area contributed by atoms with Crippen molar-refractivity contribution in [2.24, 2.45) is 0 Å². The van der Waals surface area contributed by atoms with E-state index in [-0.39, 0.29) is 5.41 Å². The van der Waals surface area contributed by atoms with Gasteiger partial charge >= 0.3 is 0 Å². The summed E-state index contributed by atoms with van der Waals surface area (Å²) in [5.41, 5.74) is 3.09. The summed E-state index contributed by atoms with van der Waals surface area (Å²) in [4.78, 5) is 5.22. The van der Waals surface area contributed by atoms with Gasteiger partial charge in [-0.25, -0.2) is 0 Å². The highest BCUT2D eigenvalue weighted by molar-refractivity contribution is 5.50. The third kappa shape index (κ3) is 2.94. The van der Waals surface area contributed by atoms with E-state index in [9.17, 15) is 0 Å². The van der Waals surface area contributed by atoms with E-state index in [2.05, 4.69) is 54.8 Å². The van der Waals surface area contributed by atoms with Crippen molar-refractivity contribution < 1.29 is 0 Å². The molecule has 1 aliphatic heterocycles. The molecule has 3 rings (SSSR count). The van der Waals surface area contributed by atoms with Crippen molar-refractivity contribution in [2.45, 2.75) is 45.1 Å². The van der Waals surface area contributed by atoms with E-state index in [0.717, 1.165) is 6.04 Å². The molecule has 0 bridgehead atoms. The van der Waals surface area contributed by atoms with Crippen molar-refractivity contribution in [1.82, 2.24) is 4.90 Å². The van der Waals surface area contributed by atoms with Gasteiger partial charge in [-0.15, -0.1) is 0 Å². The predicted molar refractivity (Wildman–Crippen MR) is 82.0 cm³/mol. The molecule has 0 spiro atoms. The third-order valence-electron chi connectivity index (χ3n) is 4.45. The van der Waals surface area contributed by atoms with Crippen LogP contribution in [0.15, 0.2) is 24.3 Å². The molecule has 1 aliphatic carbocycles. The summed E-state index contributed by atoms with van der Waals surface area (Å²) < 4.78 is 0. The Morgan fingerprint density at radius 1 is 1.00 bits per heavy atom. The number of nitrogens with zero attached hydrogens (tertiary/aromatic N) is 2. The van der Waals surface area contributed by atoms with Crippen LogP contribution in [0.5, 0.6) is 0 Å². The van der Waals surface area contributed by atoms with Crippen LogP contribution >= 0.6 is 0 Å². The van der Waals surface area contributed by atoms with Gasteiger partial charge in [0.15, 0.2) is 0 Å². The van der Waals surface area contributed by atoms with Gasteiger partial charge in [-0.2, -0.15) is 0 Å². The molecule has 104 valence electrons. The van der Waals surface area contributed by atoms with Crippen LogP contribution in [-0.4, -0.2) is 37.1 Å². The Bertz CT molecular complexity index is 435. The molecule has 0 amide bonds. The lowest BCUT2D eigenvalue weighted by atomic mass is 9.87. The van der Waals surface area contributed by atoms with Crippen molar-refractivity contribution in [3.8, 4) is 0 Å². The lowest BCUT2D eigenvalue weighted by Gasteiger charge is -2.36. The highest BCUT2D eigenvalue weighted by atomic mass is 15.3. The Labute approximate surface area is 117 Å². The van der Waals surface area contributed by atoms with Gasteiger partial charge in [0.1, 0.15) is 0 Å². The van der Waals surface area contributed by atoms with Crippen molar-refractivity contribution in [2.75, 3.05) is 31.1 Å². The Morgan fingerprint density at radius 3 is 2.26 bits per heavy atom.